The van der Waals surface area contributed by atoms with Crippen molar-refractivity contribution in [1.82, 2.24) is 0 Å². The van der Waals surface area contributed by atoms with E-state index in [0.717, 1.165) is 23.5 Å². The van der Waals surface area contributed by atoms with E-state index in [9.17, 15) is 0 Å². The van der Waals surface area contributed by atoms with Crippen LogP contribution in [0.4, 0.5) is 17.1 Å². The lowest BCUT2D eigenvalue weighted by molar-refractivity contribution is 0.838. The Bertz CT molecular complexity index is 2990. The molecule has 0 aromatic heterocycles. The highest BCUT2D eigenvalue weighted by Crippen LogP contribution is 2.54. The Morgan fingerprint density at radius 3 is 1.79 bits per heavy atom. The molecule has 0 spiro atoms. The van der Waals surface area contributed by atoms with Crippen molar-refractivity contribution in [2.75, 3.05) is 4.90 Å². The van der Waals surface area contributed by atoms with Crippen LogP contribution in [-0.2, 0) is 0 Å². The summed E-state index contributed by atoms with van der Waals surface area (Å²) in [4.78, 5) is 5.24. The Hall–Kier alpha value is -6.61. The van der Waals surface area contributed by atoms with E-state index in [1.54, 1.807) is 0 Å². The molecule has 1 aliphatic heterocycles. The number of rotatable bonds is 6. The highest BCUT2D eigenvalue weighted by atomic mass is 32.2. The van der Waals surface area contributed by atoms with E-state index in [0.29, 0.717) is 5.92 Å². The molecule has 1 unspecified atom stereocenters. The summed E-state index contributed by atoms with van der Waals surface area (Å²) in [6, 6.07) is 69.2. The Kier molecular flexibility index (Phi) is 7.96. The van der Waals surface area contributed by atoms with Crippen molar-refractivity contribution in [2.24, 2.45) is 0 Å². The van der Waals surface area contributed by atoms with Gasteiger partial charge in [0.1, 0.15) is 0 Å². The molecule has 9 aromatic rings. The van der Waals surface area contributed by atoms with Crippen LogP contribution >= 0.6 is 11.8 Å². The Labute approximate surface area is 331 Å². The molecule has 11 rings (SSSR count). The Balaban J connectivity index is 1.01. The van der Waals surface area contributed by atoms with Gasteiger partial charge in [0.15, 0.2) is 0 Å². The lowest BCUT2D eigenvalue weighted by atomic mass is 9.90. The molecule has 56 heavy (non-hydrogen) atoms. The molecule has 0 fully saturated rings. The van der Waals surface area contributed by atoms with E-state index in [-0.39, 0.29) is 0 Å². The van der Waals surface area contributed by atoms with Gasteiger partial charge in [-0.25, -0.2) is 0 Å². The van der Waals surface area contributed by atoms with Gasteiger partial charge < -0.3 is 4.90 Å². The van der Waals surface area contributed by atoms with Gasteiger partial charge >= 0.3 is 0 Å². The molecule has 0 N–H and O–H groups in total. The second kappa shape index (κ2) is 13.6. The number of hydrogen-bond donors (Lipinski definition) is 0. The summed E-state index contributed by atoms with van der Waals surface area (Å²) in [6.07, 6.45) is 7.88. The number of hydrogen-bond acceptors (Lipinski definition) is 2. The van der Waals surface area contributed by atoms with Gasteiger partial charge in [0.2, 0.25) is 0 Å². The SMILES string of the molecule is C1=CCC2C(=C1)Sc1c(-c3ccc(N(c4ccc(-c5ccccc5)cc4)c4ccc(-c5cc6ccccc6c6ccc7ccccc7c56)cc4)cc3)cccc12. The summed E-state index contributed by atoms with van der Waals surface area (Å²) in [7, 11) is 0. The number of anilines is 3. The molecular weight excluding hydrogens is 695 g/mol. The predicted molar refractivity (Wildman–Crippen MR) is 240 cm³/mol. The molecule has 2 heteroatoms. The summed E-state index contributed by atoms with van der Waals surface area (Å²) < 4.78 is 0. The molecular formula is C54H37NS. The monoisotopic (exact) mass is 731 g/mol. The maximum absolute atomic E-state index is 2.38. The van der Waals surface area contributed by atoms with E-state index < -0.39 is 0 Å². The highest BCUT2D eigenvalue weighted by Gasteiger charge is 2.30. The van der Waals surface area contributed by atoms with Crippen LogP contribution < -0.4 is 4.90 Å². The molecule has 1 atom stereocenters. The first-order chi connectivity index (χ1) is 27.8. The van der Waals surface area contributed by atoms with Gasteiger partial charge in [-0.1, -0.05) is 176 Å². The summed E-state index contributed by atoms with van der Waals surface area (Å²) >= 11 is 1.95. The van der Waals surface area contributed by atoms with Gasteiger partial charge in [0, 0.05) is 27.9 Å². The van der Waals surface area contributed by atoms with Crippen LogP contribution in [0.2, 0.25) is 0 Å². The number of nitrogens with zero attached hydrogens (tertiary/aromatic N) is 1. The van der Waals surface area contributed by atoms with Gasteiger partial charge in [-0.2, -0.15) is 0 Å². The zero-order valence-electron chi connectivity index (χ0n) is 30.8. The molecule has 2 aliphatic rings. The molecule has 0 amide bonds. The van der Waals surface area contributed by atoms with E-state index in [2.05, 4.69) is 211 Å². The molecule has 1 nitrogen and oxygen atoms in total. The van der Waals surface area contributed by atoms with Crippen molar-refractivity contribution in [3.63, 3.8) is 0 Å². The summed E-state index contributed by atoms with van der Waals surface area (Å²) in [6.45, 7) is 0. The summed E-state index contributed by atoms with van der Waals surface area (Å²) in [5.74, 6) is 0.489. The van der Waals surface area contributed by atoms with Crippen LogP contribution in [-0.4, -0.2) is 0 Å². The number of allylic oxidation sites excluding steroid dienone is 4. The normalized spacial score (nSPS) is 14.5. The number of benzene rings is 9. The molecule has 0 radical (unpaired) electrons. The van der Waals surface area contributed by atoms with Crippen molar-refractivity contribution < 1.29 is 0 Å². The second-order valence-corrected chi connectivity index (χ2v) is 15.9. The van der Waals surface area contributed by atoms with Gasteiger partial charge in [-0.05, 0) is 125 Å². The van der Waals surface area contributed by atoms with Crippen molar-refractivity contribution in [2.45, 2.75) is 17.2 Å². The zero-order chi connectivity index (χ0) is 37.0. The van der Waals surface area contributed by atoms with Gasteiger partial charge in [-0.3, -0.25) is 0 Å². The van der Waals surface area contributed by atoms with Crippen LogP contribution in [0.3, 0.4) is 0 Å². The molecule has 1 aliphatic carbocycles. The molecule has 264 valence electrons. The van der Waals surface area contributed by atoms with Crippen molar-refractivity contribution in [3.8, 4) is 33.4 Å². The number of thioether (sulfide) groups is 1. The summed E-state index contributed by atoms with van der Waals surface area (Å²) in [5.41, 5.74) is 12.3. The third-order valence-corrected chi connectivity index (χ3v) is 12.9. The van der Waals surface area contributed by atoms with Crippen LogP contribution in [0.15, 0.2) is 216 Å². The maximum atomic E-state index is 2.38. The minimum absolute atomic E-state index is 0.489. The largest absolute Gasteiger partial charge is 0.311 e. The third-order valence-electron chi connectivity index (χ3n) is 11.6. The van der Waals surface area contributed by atoms with E-state index in [1.807, 2.05) is 11.8 Å². The van der Waals surface area contributed by atoms with Crippen LogP contribution in [0.1, 0.15) is 17.9 Å². The van der Waals surface area contributed by atoms with E-state index >= 15 is 0 Å². The van der Waals surface area contributed by atoms with Crippen molar-refractivity contribution >= 4 is 61.1 Å². The Morgan fingerprint density at radius 2 is 1.05 bits per heavy atom. The lowest BCUT2D eigenvalue weighted by Crippen LogP contribution is -2.09. The van der Waals surface area contributed by atoms with Crippen LogP contribution in [0.5, 0.6) is 0 Å². The minimum atomic E-state index is 0.489. The average Bonchev–Trinajstić information content (AvgIpc) is 3.66. The minimum Gasteiger partial charge on any atom is -0.311 e. The quantitative estimate of drug-likeness (QED) is 0.157. The fourth-order valence-electron chi connectivity index (χ4n) is 8.85. The fourth-order valence-corrected chi connectivity index (χ4v) is 10.2. The first kappa shape index (κ1) is 32.8. The average molecular weight is 732 g/mol. The molecule has 0 bridgehead atoms. The molecule has 9 aromatic carbocycles. The Morgan fingerprint density at radius 1 is 0.446 bits per heavy atom. The van der Waals surface area contributed by atoms with Gasteiger partial charge in [-0.15, -0.1) is 0 Å². The van der Waals surface area contributed by atoms with Crippen molar-refractivity contribution in [1.29, 1.82) is 0 Å². The fraction of sp³-hybridized carbons (Fsp3) is 0.0370. The van der Waals surface area contributed by atoms with Gasteiger partial charge in [0.05, 0.1) is 0 Å². The summed E-state index contributed by atoms with van der Waals surface area (Å²) in [5, 5.41) is 7.67. The first-order valence-electron chi connectivity index (χ1n) is 19.4. The lowest BCUT2D eigenvalue weighted by Gasteiger charge is -2.26. The third kappa shape index (κ3) is 5.56. The smallest absolute Gasteiger partial charge is 0.0462 e. The zero-order valence-corrected chi connectivity index (χ0v) is 31.6. The van der Waals surface area contributed by atoms with E-state index in [4.69, 9.17) is 0 Å². The molecule has 1 heterocycles. The van der Waals surface area contributed by atoms with Crippen LogP contribution in [0.25, 0.3) is 65.7 Å². The second-order valence-electron chi connectivity index (χ2n) is 14.8. The molecule has 0 saturated carbocycles. The number of fused-ring (bicyclic) bond motifs is 8. The topological polar surface area (TPSA) is 3.24 Å². The highest BCUT2D eigenvalue weighted by molar-refractivity contribution is 8.03. The van der Waals surface area contributed by atoms with E-state index in [1.165, 1.54) is 81.1 Å². The maximum Gasteiger partial charge on any atom is 0.0462 e. The first-order valence-corrected chi connectivity index (χ1v) is 20.3. The predicted octanol–water partition coefficient (Wildman–Crippen LogP) is 15.7. The standard InChI is InChI=1S/C54H37NS/c1-2-11-36(12-3-1)37-21-28-42(29-22-37)55(43-30-23-39(24-31-43)47-18-10-19-50-48-17-8-9-20-52(48)56-54(47)50)44-32-25-40(26-33-44)51-35-41-14-5-6-15-45(41)49-34-27-38-13-4-7-16-46(38)53(49)51/h1-16,18-35,48H,17H2. The van der Waals surface area contributed by atoms with Gasteiger partial charge in [0.25, 0.3) is 0 Å². The van der Waals surface area contributed by atoms with Crippen LogP contribution in [0, 0.1) is 0 Å². The molecule has 0 saturated heterocycles. The van der Waals surface area contributed by atoms with Crippen molar-refractivity contribution in [3.05, 3.63) is 217 Å².